The van der Waals surface area contributed by atoms with Gasteiger partial charge in [-0.25, -0.2) is 9.48 Å². The third kappa shape index (κ3) is 4.23. The summed E-state index contributed by atoms with van der Waals surface area (Å²) in [6, 6.07) is -0.236. The van der Waals surface area contributed by atoms with Crippen LogP contribution < -0.4 is 10.6 Å². The number of hydrogen-bond donors (Lipinski definition) is 3. The number of hydrogen-bond acceptors (Lipinski definition) is 4. The van der Waals surface area contributed by atoms with Gasteiger partial charge in [0.25, 0.3) is 0 Å². The summed E-state index contributed by atoms with van der Waals surface area (Å²) in [5.74, 6) is -0.371. The molecule has 0 atom stereocenters. The highest BCUT2D eigenvalue weighted by Gasteiger charge is 2.17. The van der Waals surface area contributed by atoms with E-state index in [0.29, 0.717) is 18.2 Å². The van der Waals surface area contributed by atoms with Gasteiger partial charge in [0.1, 0.15) is 12.2 Å². The molecule has 8 nitrogen and oxygen atoms in total. The maximum absolute atomic E-state index is 11.5. The monoisotopic (exact) mass is 267 g/mol. The SMILES string of the molecule is O=C(O)Cn1cc(CNC(=O)NCC2CCC2)nn1. The molecule has 1 heterocycles. The predicted octanol–water partition coefficient (Wildman–Crippen LogP) is -0.0380. The van der Waals surface area contributed by atoms with Gasteiger partial charge in [-0.2, -0.15) is 0 Å². The Hall–Kier alpha value is -2.12. The molecular weight excluding hydrogens is 250 g/mol. The van der Waals surface area contributed by atoms with E-state index in [-0.39, 0.29) is 19.1 Å². The Kier molecular flexibility index (Phi) is 4.32. The standard InChI is InChI=1S/C11H17N5O3/c17-10(18)7-16-6-9(14-15-16)5-13-11(19)12-4-8-2-1-3-8/h6,8H,1-5,7H2,(H,17,18)(H2,12,13,19). The van der Waals surface area contributed by atoms with Crippen molar-refractivity contribution >= 4 is 12.0 Å². The summed E-state index contributed by atoms with van der Waals surface area (Å²) in [5, 5.41) is 21.4. The average Bonchev–Trinajstić information content (AvgIpc) is 2.71. The molecule has 1 fully saturated rings. The van der Waals surface area contributed by atoms with E-state index in [4.69, 9.17) is 5.11 Å². The van der Waals surface area contributed by atoms with Crippen LogP contribution in [0.2, 0.25) is 0 Å². The normalized spacial score (nSPS) is 14.7. The van der Waals surface area contributed by atoms with Crippen molar-refractivity contribution < 1.29 is 14.7 Å². The largest absolute Gasteiger partial charge is 0.480 e. The van der Waals surface area contributed by atoms with Gasteiger partial charge in [0.15, 0.2) is 0 Å². The number of carbonyl (C=O) groups excluding carboxylic acids is 1. The van der Waals surface area contributed by atoms with Gasteiger partial charge in [-0.1, -0.05) is 11.6 Å². The number of carboxylic acid groups (broad SMARTS) is 1. The number of amides is 2. The first-order valence-electron chi connectivity index (χ1n) is 6.26. The Balaban J connectivity index is 1.67. The Bertz CT molecular complexity index is 455. The fourth-order valence-electron chi connectivity index (χ4n) is 1.80. The lowest BCUT2D eigenvalue weighted by molar-refractivity contribution is -0.137. The van der Waals surface area contributed by atoms with Gasteiger partial charge in [-0.3, -0.25) is 4.79 Å². The first kappa shape index (κ1) is 13.3. The molecule has 1 aromatic heterocycles. The summed E-state index contributed by atoms with van der Waals surface area (Å²) < 4.78 is 1.21. The lowest BCUT2D eigenvalue weighted by atomic mass is 9.85. The lowest BCUT2D eigenvalue weighted by Gasteiger charge is -2.25. The minimum absolute atomic E-state index is 0.232. The number of aliphatic carboxylic acids is 1. The fraction of sp³-hybridized carbons (Fsp3) is 0.636. The highest BCUT2D eigenvalue weighted by atomic mass is 16.4. The van der Waals surface area contributed by atoms with Crippen molar-refractivity contribution in [1.82, 2.24) is 25.6 Å². The summed E-state index contributed by atoms with van der Waals surface area (Å²) in [6.45, 7) is 0.703. The third-order valence-corrected chi connectivity index (χ3v) is 3.09. The van der Waals surface area contributed by atoms with Crippen LogP contribution in [0.3, 0.4) is 0 Å². The van der Waals surface area contributed by atoms with Gasteiger partial charge in [0.2, 0.25) is 0 Å². The van der Waals surface area contributed by atoms with E-state index in [0.717, 1.165) is 0 Å². The highest BCUT2D eigenvalue weighted by Crippen LogP contribution is 2.24. The van der Waals surface area contributed by atoms with Crippen molar-refractivity contribution in [3.63, 3.8) is 0 Å². The van der Waals surface area contributed by atoms with Crippen LogP contribution in [0.4, 0.5) is 4.79 Å². The van der Waals surface area contributed by atoms with Crippen molar-refractivity contribution in [2.45, 2.75) is 32.4 Å². The van der Waals surface area contributed by atoms with Crippen LogP contribution in [-0.4, -0.2) is 38.6 Å². The third-order valence-electron chi connectivity index (χ3n) is 3.09. The van der Waals surface area contributed by atoms with E-state index in [9.17, 15) is 9.59 Å². The summed E-state index contributed by atoms with van der Waals surface area (Å²) in [6.07, 6.45) is 5.12. The predicted molar refractivity (Wildman–Crippen MR) is 65.2 cm³/mol. The van der Waals surface area contributed by atoms with Crippen molar-refractivity contribution in [1.29, 1.82) is 0 Å². The molecule has 19 heavy (non-hydrogen) atoms. The molecule has 104 valence electrons. The van der Waals surface area contributed by atoms with Gasteiger partial charge in [0, 0.05) is 6.54 Å². The van der Waals surface area contributed by atoms with Crippen molar-refractivity contribution in [2.24, 2.45) is 5.92 Å². The minimum atomic E-state index is -0.984. The van der Waals surface area contributed by atoms with Gasteiger partial charge in [-0.05, 0) is 18.8 Å². The van der Waals surface area contributed by atoms with Crippen LogP contribution in [0, 0.1) is 5.92 Å². The highest BCUT2D eigenvalue weighted by molar-refractivity contribution is 5.73. The molecule has 2 rings (SSSR count). The second-order valence-electron chi connectivity index (χ2n) is 4.66. The summed E-state index contributed by atoms with van der Waals surface area (Å²) in [5.41, 5.74) is 0.528. The Morgan fingerprint density at radius 2 is 2.21 bits per heavy atom. The zero-order valence-corrected chi connectivity index (χ0v) is 10.5. The zero-order chi connectivity index (χ0) is 13.7. The van der Waals surface area contributed by atoms with Gasteiger partial charge in [-0.15, -0.1) is 5.10 Å². The van der Waals surface area contributed by atoms with Gasteiger partial charge < -0.3 is 15.7 Å². The molecule has 8 heteroatoms. The van der Waals surface area contributed by atoms with Crippen molar-refractivity contribution in [3.8, 4) is 0 Å². The van der Waals surface area contributed by atoms with Crippen LogP contribution in [0.1, 0.15) is 25.0 Å². The summed E-state index contributed by atoms with van der Waals surface area (Å²) >= 11 is 0. The van der Waals surface area contributed by atoms with E-state index in [2.05, 4.69) is 20.9 Å². The molecule has 1 saturated carbocycles. The number of nitrogens with zero attached hydrogens (tertiary/aromatic N) is 3. The van der Waals surface area contributed by atoms with Crippen LogP contribution in [0.15, 0.2) is 6.20 Å². The second kappa shape index (κ2) is 6.17. The van der Waals surface area contributed by atoms with E-state index in [1.54, 1.807) is 0 Å². The number of carboxylic acids is 1. The molecule has 0 unspecified atom stereocenters. The van der Waals surface area contributed by atoms with E-state index < -0.39 is 5.97 Å². The summed E-state index contributed by atoms with van der Waals surface area (Å²) in [4.78, 5) is 21.9. The average molecular weight is 267 g/mol. The Morgan fingerprint density at radius 3 is 2.84 bits per heavy atom. The lowest BCUT2D eigenvalue weighted by Crippen LogP contribution is -2.39. The smallest absolute Gasteiger partial charge is 0.325 e. The molecule has 0 bridgehead atoms. The summed E-state index contributed by atoms with van der Waals surface area (Å²) in [7, 11) is 0. The molecule has 0 spiro atoms. The van der Waals surface area contributed by atoms with Gasteiger partial charge in [0.05, 0.1) is 12.7 Å². The quantitative estimate of drug-likeness (QED) is 0.670. The van der Waals surface area contributed by atoms with Crippen LogP contribution in [0.25, 0.3) is 0 Å². The minimum Gasteiger partial charge on any atom is -0.480 e. The van der Waals surface area contributed by atoms with E-state index in [1.807, 2.05) is 0 Å². The topological polar surface area (TPSA) is 109 Å². The molecular formula is C11H17N5O3. The maximum atomic E-state index is 11.5. The zero-order valence-electron chi connectivity index (χ0n) is 10.5. The number of aromatic nitrogens is 3. The molecule has 0 aromatic carbocycles. The fourth-order valence-corrected chi connectivity index (χ4v) is 1.80. The van der Waals surface area contributed by atoms with Crippen LogP contribution >= 0.6 is 0 Å². The molecule has 0 aliphatic heterocycles. The number of nitrogens with one attached hydrogen (secondary N) is 2. The molecule has 1 aromatic rings. The number of urea groups is 1. The van der Waals surface area contributed by atoms with Gasteiger partial charge >= 0.3 is 12.0 Å². The number of rotatable bonds is 6. The molecule has 1 aliphatic carbocycles. The van der Waals surface area contributed by atoms with Crippen LogP contribution in [-0.2, 0) is 17.9 Å². The molecule has 3 N–H and O–H groups in total. The van der Waals surface area contributed by atoms with Crippen molar-refractivity contribution in [2.75, 3.05) is 6.54 Å². The molecule has 1 aliphatic rings. The van der Waals surface area contributed by atoms with Crippen molar-refractivity contribution in [3.05, 3.63) is 11.9 Å². The molecule has 0 saturated heterocycles. The number of carbonyl (C=O) groups is 2. The first-order valence-corrected chi connectivity index (χ1v) is 6.26. The Morgan fingerprint density at radius 1 is 1.42 bits per heavy atom. The van der Waals surface area contributed by atoms with E-state index >= 15 is 0 Å². The molecule has 0 radical (unpaired) electrons. The van der Waals surface area contributed by atoms with E-state index in [1.165, 1.54) is 30.1 Å². The molecule has 2 amide bonds. The Labute approximate surface area is 110 Å². The van der Waals surface area contributed by atoms with Crippen LogP contribution in [0.5, 0.6) is 0 Å². The first-order chi connectivity index (χ1) is 9.13. The second-order valence-corrected chi connectivity index (χ2v) is 4.66. The maximum Gasteiger partial charge on any atom is 0.325 e.